The molecular weight excluding hydrogens is 201 g/mol. The van der Waals surface area contributed by atoms with Crippen molar-refractivity contribution < 1.29 is 29.1 Å². The van der Waals surface area contributed by atoms with Gasteiger partial charge in [0, 0.05) is 0 Å². The summed E-state index contributed by atoms with van der Waals surface area (Å²) in [5.74, 6) is -1.41. The van der Waals surface area contributed by atoms with E-state index >= 15 is 0 Å². The van der Waals surface area contributed by atoms with Gasteiger partial charge in [-0.25, -0.2) is 4.62 Å². The molecule has 0 spiro atoms. The van der Waals surface area contributed by atoms with Crippen LogP contribution in [0.15, 0.2) is 0 Å². The van der Waals surface area contributed by atoms with Crippen LogP contribution in [0.25, 0.3) is 0 Å². The maximum absolute atomic E-state index is 11.1. The van der Waals surface area contributed by atoms with Crippen LogP contribution >= 0.6 is 7.60 Å². The van der Waals surface area contributed by atoms with Crippen molar-refractivity contribution in [2.75, 3.05) is 6.73 Å². The van der Waals surface area contributed by atoms with Gasteiger partial charge in [-0.05, 0) is 6.42 Å². The van der Waals surface area contributed by atoms with Crippen molar-refractivity contribution in [1.82, 2.24) is 5.48 Å². The molecule has 0 fully saturated rings. The van der Waals surface area contributed by atoms with Gasteiger partial charge in [-0.15, -0.1) is 0 Å². The Morgan fingerprint density at radius 2 is 2.23 bits per heavy atom. The zero-order valence-electron chi connectivity index (χ0n) is 7.01. The summed E-state index contributed by atoms with van der Waals surface area (Å²) in [6.07, 6.45) is -0.0315. The van der Waals surface area contributed by atoms with Crippen LogP contribution in [0.3, 0.4) is 0 Å². The first-order chi connectivity index (χ1) is 5.95. The number of carbonyl (C=O) groups is 1. The lowest BCUT2D eigenvalue weighted by atomic mass is 10.3. The van der Waals surface area contributed by atoms with Gasteiger partial charge < -0.3 is 15.1 Å². The van der Waals surface area contributed by atoms with Gasteiger partial charge in [0.1, 0.15) is 6.73 Å². The van der Waals surface area contributed by atoms with Crippen molar-refractivity contribution in [2.45, 2.75) is 19.0 Å². The second-order valence-corrected chi connectivity index (χ2v) is 4.15. The van der Waals surface area contributed by atoms with Gasteiger partial charge in [0.05, 0.1) is 0 Å². The summed E-state index contributed by atoms with van der Waals surface area (Å²) in [7, 11) is -4.25. The smallest absolute Gasteiger partial charge is 0.358 e. The molecule has 0 aliphatic carbocycles. The molecular formula is C5H12NO6P. The lowest BCUT2D eigenvalue weighted by Gasteiger charge is -2.16. The number of rotatable bonds is 6. The summed E-state index contributed by atoms with van der Waals surface area (Å²) in [5, 5.41) is 16.7. The molecule has 8 heteroatoms. The van der Waals surface area contributed by atoms with Crippen molar-refractivity contribution >= 4 is 13.6 Å². The van der Waals surface area contributed by atoms with E-state index in [9.17, 15) is 9.36 Å². The Labute approximate surface area is 74.8 Å². The maximum atomic E-state index is 11.1. The van der Waals surface area contributed by atoms with Gasteiger partial charge in [-0.2, -0.15) is 5.48 Å². The van der Waals surface area contributed by atoms with E-state index in [-0.39, 0.29) is 6.42 Å². The standard InChI is InChI=1S/C5H12NO6P/c1-2-4(5(8)9)13(10,11)12-6-3-7/h4,6-7H,2-3H2,1H3,(H,8,9)(H,10,11). The molecule has 0 aliphatic heterocycles. The van der Waals surface area contributed by atoms with Crippen molar-refractivity contribution in [2.24, 2.45) is 0 Å². The highest BCUT2D eigenvalue weighted by Crippen LogP contribution is 2.47. The third kappa shape index (κ3) is 3.84. The molecule has 0 aromatic heterocycles. The first-order valence-electron chi connectivity index (χ1n) is 3.53. The van der Waals surface area contributed by atoms with E-state index in [1.54, 1.807) is 5.48 Å². The number of aliphatic hydroxyl groups is 1. The molecule has 0 saturated carbocycles. The molecule has 13 heavy (non-hydrogen) atoms. The number of hydroxylamine groups is 1. The van der Waals surface area contributed by atoms with Crippen molar-refractivity contribution in [3.63, 3.8) is 0 Å². The van der Waals surface area contributed by atoms with Crippen molar-refractivity contribution in [1.29, 1.82) is 0 Å². The highest BCUT2D eigenvalue weighted by molar-refractivity contribution is 7.54. The number of aliphatic hydroxyl groups excluding tert-OH is 1. The van der Waals surface area contributed by atoms with E-state index in [1.165, 1.54) is 6.92 Å². The van der Waals surface area contributed by atoms with Gasteiger partial charge in [-0.3, -0.25) is 9.36 Å². The summed E-state index contributed by atoms with van der Waals surface area (Å²) < 4.78 is 15.2. The Kier molecular flexibility index (Phi) is 5.12. The van der Waals surface area contributed by atoms with Crippen LogP contribution in [0.2, 0.25) is 0 Å². The number of nitrogens with one attached hydrogen (secondary N) is 1. The molecule has 0 saturated heterocycles. The van der Waals surface area contributed by atoms with E-state index in [0.29, 0.717) is 0 Å². The van der Waals surface area contributed by atoms with Crippen LogP contribution in [0.4, 0.5) is 0 Å². The monoisotopic (exact) mass is 213 g/mol. The minimum atomic E-state index is -4.25. The van der Waals surface area contributed by atoms with Crippen molar-refractivity contribution in [3.8, 4) is 0 Å². The summed E-state index contributed by atoms with van der Waals surface area (Å²) >= 11 is 0. The van der Waals surface area contributed by atoms with E-state index in [4.69, 9.17) is 15.1 Å². The number of hydrogen-bond acceptors (Lipinski definition) is 5. The average molecular weight is 213 g/mol. The molecule has 0 radical (unpaired) electrons. The molecule has 78 valence electrons. The van der Waals surface area contributed by atoms with Crippen LogP contribution in [-0.2, 0) is 14.0 Å². The summed E-state index contributed by atoms with van der Waals surface area (Å²) in [6, 6.07) is 0. The molecule has 0 aromatic rings. The number of carboxylic acids is 1. The quantitative estimate of drug-likeness (QED) is 0.267. The fourth-order valence-corrected chi connectivity index (χ4v) is 1.84. The van der Waals surface area contributed by atoms with E-state index in [2.05, 4.69) is 4.62 Å². The van der Waals surface area contributed by atoms with Crippen LogP contribution in [0, 0.1) is 0 Å². The Morgan fingerprint density at radius 3 is 2.54 bits per heavy atom. The summed E-state index contributed by atoms with van der Waals surface area (Å²) in [5.41, 5.74) is 0.257. The van der Waals surface area contributed by atoms with Gasteiger partial charge in [-0.1, -0.05) is 6.92 Å². The molecule has 7 nitrogen and oxygen atoms in total. The molecule has 0 rings (SSSR count). The Balaban J connectivity index is 4.39. The predicted molar refractivity (Wildman–Crippen MR) is 42.8 cm³/mol. The number of hydrogen-bond donors (Lipinski definition) is 4. The lowest BCUT2D eigenvalue weighted by Crippen LogP contribution is -2.24. The van der Waals surface area contributed by atoms with Gasteiger partial charge in [0.25, 0.3) is 0 Å². The zero-order valence-corrected chi connectivity index (χ0v) is 7.90. The fraction of sp³-hybridized carbons (Fsp3) is 0.800. The van der Waals surface area contributed by atoms with Crippen LogP contribution < -0.4 is 5.48 Å². The SMILES string of the molecule is CCC(C(=O)O)P(=O)(O)ONCO. The first-order valence-corrected chi connectivity index (χ1v) is 5.18. The molecule has 0 aliphatic rings. The lowest BCUT2D eigenvalue weighted by molar-refractivity contribution is -0.137. The summed E-state index contributed by atoms with van der Waals surface area (Å²) in [6.45, 7) is 0.782. The van der Waals surface area contributed by atoms with Gasteiger partial charge in [0.15, 0.2) is 5.66 Å². The molecule has 0 amide bonds. The van der Waals surface area contributed by atoms with E-state index in [1.807, 2.05) is 0 Å². The highest BCUT2D eigenvalue weighted by Gasteiger charge is 2.37. The number of carboxylic acid groups (broad SMARTS) is 1. The third-order valence-corrected chi connectivity index (χ3v) is 3.09. The third-order valence-electron chi connectivity index (χ3n) is 1.33. The molecule has 4 N–H and O–H groups in total. The Morgan fingerprint density at radius 1 is 1.69 bits per heavy atom. The highest BCUT2D eigenvalue weighted by atomic mass is 31.2. The minimum Gasteiger partial charge on any atom is -0.481 e. The van der Waals surface area contributed by atoms with Crippen LogP contribution in [0.5, 0.6) is 0 Å². The van der Waals surface area contributed by atoms with Crippen LogP contribution in [-0.4, -0.2) is 33.5 Å². The zero-order chi connectivity index (χ0) is 10.5. The van der Waals surface area contributed by atoms with E-state index < -0.39 is 26.0 Å². The first kappa shape index (κ1) is 12.5. The Hall–Kier alpha value is -0.460. The number of aliphatic carboxylic acids is 1. The second kappa shape index (κ2) is 5.31. The predicted octanol–water partition coefficient (Wildman–Crippen LogP) is -0.494. The van der Waals surface area contributed by atoms with Gasteiger partial charge >= 0.3 is 13.6 Å². The second-order valence-electron chi connectivity index (χ2n) is 2.22. The fourth-order valence-electron chi connectivity index (χ4n) is 0.730. The largest absolute Gasteiger partial charge is 0.481 e. The average Bonchev–Trinajstić information content (AvgIpc) is 2.01. The molecule has 0 bridgehead atoms. The Bertz CT molecular complexity index is 219. The molecule has 2 unspecified atom stereocenters. The van der Waals surface area contributed by atoms with Crippen LogP contribution in [0.1, 0.15) is 13.3 Å². The minimum absolute atomic E-state index is 0.0315. The molecule has 0 aromatic carbocycles. The van der Waals surface area contributed by atoms with E-state index in [0.717, 1.165) is 0 Å². The molecule has 2 atom stereocenters. The van der Waals surface area contributed by atoms with Gasteiger partial charge in [0.2, 0.25) is 0 Å². The topological polar surface area (TPSA) is 116 Å². The van der Waals surface area contributed by atoms with Crippen molar-refractivity contribution in [3.05, 3.63) is 0 Å². The normalized spacial score (nSPS) is 17.8. The maximum Gasteiger partial charge on any atom is 0.358 e. The summed E-state index contributed by atoms with van der Waals surface area (Å²) in [4.78, 5) is 19.5. The molecule has 0 heterocycles.